The molecule has 2 heteroatoms. The van der Waals surface area contributed by atoms with E-state index < -0.39 is 0 Å². The lowest BCUT2D eigenvalue weighted by molar-refractivity contribution is 0.606. The molecule has 0 saturated heterocycles. The van der Waals surface area contributed by atoms with Crippen LogP contribution in [0.3, 0.4) is 0 Å². The molecule has 1 heterocycles. The van der Waals surface area contributed by atoms with Crippen molar-refractivity contribution in [3.8, 4) is 0 Å². The van der Waals surface area contributed by atoms with E-state index in [0.717, 1.165) is 6.54 Å². The van der Waals surface area contributed by atoms with E-state index in [4.69, 9.17) is 0 Å². The lowest BCUT2D eigenvalue weighted by atomic mass is 9.98. The zero-order chi connectivity index (χ0) is 9.52. The largest absolute Gasteiger partial charge is 0.320 e. The van der Waals surface area contributed by atoms with E-state index in [0.29, 0.717) is 5.92 Å². The summed E-state index contributed by atoms with van der Waals surface area (Å²) in [6.07, 6.45) is 6.24. The first kappa shape index (κ1) is 10.2. The fraction of sp³-hybridized carbons (Fsp3) is 0.545. The van der Waals surface area contributed by atoms with Crippen LogP contribution in [0.4, 0.5) is 0 Å². The molecule has 0 fully saturated rings. The molecule has 2 nitrogen and oxygen atoms in total. The summed E-state index contributed by atoms with van der Waals surface area (Å²) in [7, 11) is 1.99. The number of nitrogens with one attached hydrogen (secondary N) is 1. The van der Waals surface area contributed by atoms with Crippen molar-refractivity contribution in [1.82, 2.24) is 10.3 Å². The summed E-state index contributed by atoms with van der Waals surface area (Å²) in [5.41, 5.74) is 1.35. The summed E-state index contributed by atoms with van der Waals surface area (Å²) in [6, 6.07) is 4.15. The molecule has 0 aliphatic heterocycles. The van der Waals surface area contributed by atoms with Gasteiger partial charge >= 0.3 is 0 Å². The maximum atomic E-state index is 4.12. The summed E-state index contributed by atoms with van der Waals surface area (Å²) in [6.45, 7) is 3.36. The second kappa shape index (κ2) is 5.70. The maximum absolute atomic E-state index is 4.12. The minimum absolute atomic E-state index is 0.627. The second-order valence-corrected chi connectivity index (χ2v) is 3.43. The van der Waals surface area contributed by atoms with Gasteiger partial charge in [0.2, 0.25) is 0 Å². The van der Waals surface area contributed by atoms with Gasteiger partial charge in [-0.15, -0.1) is 0 Å². The number of rotatable bonds is 5. The molecule has 1 N–H and O–H groups in total. The van der Waals surface area contributed by atoms with Gasteiger partial charge in [0, 0.05) is 12.4 Å². The average molecular weight is 178 g/mol. The summed E-state index contributed by atoms with van der Waals surface area (Å²) < 4.78 is 0. The highest BCUT2D eigenvalue weighted by atomic mass is 14.8. The molecule has 13 heavy (non-hydrogen) atoms. The third-order valence-electron chi connectivity index (χ3n) is 2.32. The SMILES string of the molecule is CNCCCC(C)c1cccnc1. The monoisotopic (exact) mass is 178 g/mol. The first-order valence-electron chi connectivity index (χ1n) is 4.89. The van der Waals surface area contributed by atoms with Crippen LogP contribution in [-0.2, 0) is 0 Å². The molecule has 0 spiro atoms. The van der Waals surface area contributed by atoms with Crippen molar-refractivity contribution >= 4 is 0 Å². The van der Waals surface area contributed by atoms with Gasteiger partial charge in [-0.05, 0) is 44.0 Å². The van der Waals surface area contributed by atoms with Crippen LogP contribution in [0, 0.1) is 0 Å². The van der Waals surface area contributed by atoms with E-state index in [1.165, 1.54) is 18.4 Å². The third kappa shape index (κ3) is 3.55. The van der Waals surface area contributed by atoms with Gasteiger partial charge in [0.05, 0.1) is 0 Å². The fourth-order valence-corrected chi connectivity index (χ4v) is 1.42. The van der Waals surface area contributed by atoms with E-state index >= 15 is 0 Å². The zero-order valence-electron chi connectivity index (χ0n) is 8.46. The second-order valence-electron chi connectivity index (χ2n) is 3.43. The number of pyridine rings is 1. The van der Waals surface area contributed by atoms with E-state index in [1.807, 2.05) is 25.5 Å². The highest BCUT2D eigenvalue weighted by Crippen LogP contribution is 2.18. The van der Waals surface area contributed by atoms with Crippen LogP contribution >= 0.6 is 0 Å². The van der Waals surface area contributed by atoms with E-state index in [2.05, 4.69) is 23.3 Å². The van der Waals surface area contributed by atoms with Crippen LogP contribution in [0.2, 0.25) is 0 Å². The third-order valence-corrected chi connectivity index (χ3v) is 2.32. The van der Waals surface area contributed by atoms with Crippen LogP contribution in [0.25, 0.3) is 0 Å². The smallest absolute Gasteiger partial charge is 0.0302 e. The molecule has 0 saturated carbocycles. The van der Waals surface area contributed by atoms with Gasteiger partial charge in [-0.2, -0.15) is 0 Å². The van der Waals surface area contributed by atoms with Crippen LogP contribution in [0.15, 0.2) is 24.5 Å². The minimum Gasteiger partial charge on any atom is -0.320 e. The molecule has 1 unspecified atom stereocenters. The van der Waals surface area contributed by atoms with Crippen molar-refractivity contribution in [2.24, 2.45) is 0 Å². The summed E-state index contributed by atoms with van der Waals surface area (Å²) in [4.78, 5) is 4.12. The van der Waals surface area contributed by atoms with Gasteiger partial charge in [-0.1, -0.05) is 13.0 Å². The number of hydrogen-bond donors (Lipinski definition) is 1. The van der Waals surface area contributed by atoms with Gasteiger partial charge in [0.25, 0.3) is 0 Å². The molecule has 1 rings (SSSR count). The molecule has 0 aliphatic carbocycles. The Labute approximate surface area is 80.4 Å². The predicted octanol–water partition coefficient (Wildman–Crippen LogP) is 2.18. The highest BCUT2D eigenvalue weighted by molar-refractivity contribution is 5.13. The number of hydrogen-bond acceptors (Lipinski definition) is 2. The van der Waals surface area contributed by atoms with E-state index in [9.17, 15) is 0 Å². The van der Waals surface area contributed by atoms with Crippen LogP contribution in [0.5, 0.6) is 0 Å². The zero-order valence-corrected chi connectivity index (χ0v) is 8.46. The molecule has 1 aromatic rings. The summed E-state index contributed by atoms with van der Waals surface area (Å²) >= 11 is 0. The van der Waals surface area contributed by atoms with Crippen molar-refractivity contribution in [3.05, 3.63) is 30.1 Å². The molecule has 0 aliphatic rings. The van der Waals surface area contributed by atoms with Crippen molar-refractivity contribution in [3.63, 3.8) is 0 Å². The molecular weight excluding hydrogens is 160 g/mol. The van der Waals surface area contributed by atoms with E-state index in [-0.39, 0.29) is 0 Å². The Morgan fingerprint density at radius 3 is 3.00 bits per heavy atom. The van der Waals surface area contributed by atoms with Gasteiger partial charge in [-0.25, -0.2) is 0 Å². The van der Waals surface area contributed by atoms with Gasteiger partial charge in [0.1, 0.15) is 0 Å². The first-order chi connectivity index (χ1) is 6.34. The standard InChI is InChI=1S/C11H18N2/c1-10(5-3-7-12-2)11-6-4-8-13-9-11/h4,6,8-10,12H,3,5,7H2,1-2H3. The lowest BCUT2D eigenvalue weighted by Gasteiger charge is -2.10. The van der Waals surface area contributed by atoms with Crippen LogP contribution in [-0.4, -0.2) is 18.6 Å². The molecule has 72 valence electrons. The van der Waals surface area contributed by atoms with Crippen LogP contribution < -0.4 is 5.32 Å². The Hall–Kier alpha value is -0.890. The molecule has 1 aromatic heterocycles. The Kier molecular flexibility index (Phi) is 4.47. The van der Waals surface area contributed by atoms with Crippen molar-refractivity contribution < 1.29 is 0 Å². The predicted molar refractivity (Wildman–Crippen MR) is 55.8 cm³/mol. The Bertz CT molecular complexity index is 221. The van der Waals surface area contributed by atoms with Gasteiger partial charge in [-0.3, -0.25) is 4.98 Å². The van der Waals surface area contributed by atoms with Crippen molar-refractivity contribution in [2.45, 2.75) is 25.7 Å². The topological polar surface area (TPSA) is 24.9 Å². The fourth-order valence-electron chi connectivity index (χ4n) is 1.42. The number of nitrogens with zero attached hydrogens (tertiary/aromatic N) is 1. The Balaban J connectivity index is 2.35. The van der Waals surface area contributed by atoms with Crippen molar-refractivity contribution in [2.75, 3.05) is 13.6 Å². The van der Waals surface area contributed by atoms with Gasteiger partial charge in [0.15, 0.2) is 0 Å². The number of aromatic nitrogens is 1. The summed E-state index contributed by atoms with van der Waals surface area (Å²) in [5.74, 6) is 0.627. The minimum atomic E-state index is 0.627. The lowest BCUT2D eigenvalue weighted by Crippen LogP contribution is -2.08. The van der Waals surface area contributed by atoms with E-state index in [1.54, 1.807) is 0 Å². The Morgan fingerprint density at radius 2 is 2.38 bits per heavy atom. The molecule has 0 amide bonds. The molecular formula is C11H18N2. The van der Waals surface area contributed by atoms with Gasteiger partial charge < -0.3 is 5.32 Å². The maximum Gasteiger partial charge on any atom is 0.0302 e. The van der Waals surface area contributed by atoms with Crippen LogP contribution in [0.1, 0.15) is 31.2 Å². The average Bonchev–Trinajstić information content (AvgIpc) is 2.19. The molecule has 0 bridgehead atoms. The molecule has 1 atom stereocenters. The highest BCUT2D eigenvalue weighted by Gasteiger charge is 2.03. The normalized spacial score (nSPS) is 12.8. The quantitative estimate of drug-likeness (QED) is 0.699. The molecule has 0 aromatic carbocycles. The first-order valence-corrected chi connectivity index (χ1v) is 4.89. The molecule has 0 radical (unpaired) electrons. The van der Waals surface area contributed by atoms with Crippen molar-refractivity contribution in [1.29, 1.82) is 0 Å². The Morgan fingerprint density at radius 1 is 1.54 bits per heavy atom. The summed E-state index contributed by atoms with van der Waals surface area (Å²) in [5, 5.41) is 3.16.